The Morgan fingerprint density at radius 1 is 1.53 bits per heavy atom. The molecular weight excluding hydrogens is 190 g/mol. The van der Waals surface area contributed by atoms with Crippen molar-refractivity contribution in [3.63, 3.8) is 0 Å². The molecule has 0 fully saturated rings. The third-order valence-corrected chi connectivity index (χ3v) is 2.14. The molecule has 0 aliphatic heterocycles. The van der Waals surface area contributed by atoms with Crippen LogP contribution >= 0.6 is 0 Å². The highest BCUT2D eigenvalue weighted by molar-refractivity contribution is 5.93. The number of nitrogens with zero attached hydrogens (tertiary/aromatic N) is 2. The molecule has 0 aliphatic carbocycles. The number of carbonyl (C=O) groups is 1. The van der Waals surface area contributed by atoms with Gasteiger partial charge in [-0.15, -0.1) is 0 Å². The molecule has 0 aromatic carbocycles. The summed E-state index contributed by atoms with van der Waals surface area (Å²) in [4.78, 5) is 11.6. The maximum atomic E-state index is 11.6. The molecule has 0 saturated carbocycles. The van der Waals surface area contributed by atoms with Gasteiger partial charge in [0.1, 0.15) is 0 Å². The second kappa shape index (κ2) is 4.13. The van der Waals surface area contributed by atoms with Crippen LogP contribution < -0.4 is 5.32 Å². The molecule has 0 radical (unpaired) electrons. The van der Waals surface area contributed by atoms with E-state index < -0.39 is 0 Å². The summed E-state index contributed by atoms with van der Waals surface area (Å²) in [6, 6.07) is 7.51. The van der Waals surface area contributed by atoms with Gasteiger partial charge in [0.25, 0.3) is 5.91 Å². The van der Waals surface area contributed by atoms with Crippen molar-refractivity contribution in [2.75, 3.05) is 6.54 Å². The molecule has 1 N–H and O–H groups in total. The molecule has 0 bridgehead atoms. The lowest BCUT2D eigenvalue weighted by Crippen LogP contribution is -2.24. The molecular formula is C11H13N3O. The van der Waals surface area contributed by atoms with E-state index in [1.807, 2.05) is 31.3 Å². The number of nitrogens with one attached hydrogen (secondary N) is 1. The molecule has 0 saturated heterocycles. The van der Waals surface area contributed by atoms with E-state index in [1.54, 1.807) is 10.6 Å². The van der Waals surface area contributed by atoms with Crippen LogP contribution in [0.4, 0.5) is 0 Å². The molecule has 0 aliphatic rings. The summed E-state index contributed by atoms with van der Waals surface area (Å²) in [7, 11) is 0. The highest BCUT2D eigenvalue weighted by Crippen LogP contribution is 2.05. The summed E-state index contributed by atoms with van der Waals surface area (Å²) in [5, 5.41) is 6.96. The fourth-order valence-corrected chi connectivity index (χ4v) is 1.38. The van der Waals surface area contributed by atoms with E-state index in [0.717, 1.165) is 11.9 Å². The number of pyridine rings is 1. The molecule has 4 nitrogen and oxygen atoms in total. The van der Waals surface area contributed by atoms with Crippen molar-refractivity contribution in [2.45, 2.75) is 13.3 Å². The molecule has 2 aromatic heterocycles. The second-order valence-corrected chi connectivity index (χ2v) is 3.36. The molecule has 0 spiro atoms. The molecule has 2 heterocycles. The highest BCUT2D eigenvalue weighted by atomic mass is 16.1. The normalized spacial score (nSPS) is 10.5. The Balaban J connectivity index is 2.25. The average Bonchev–Trinajstić information content (AvgIpc) is 2.69. The largest absolute Gasteiger partial charge is 0.351 e. The van der Waals surface area contributed by atoms with Gasteiger partial charge in [-0.25, -0.2) is 4.52 Å². The predicted molar refractivity (Wildman–Crippen MR) is 57.8 cm³/mol. The van der Waals surface area contributed by atoms with Gasteiger partial charge >= 0.3 is 0 Å². The Kier molecular flexibility index (Phi) is 2.67. The topological polar surface area (TPSA) is 46.4 Å². The summed E-state index contributed by atoms with van der Waals surface area (Å²) in [5.74, 6) is -0.111. The first-order chi connectivity index (χ1) is 7.31. The maximum Gasteiger partial charge on any atom is 0.271 e. The fourth-order valence-electron chi connectivity index (χ4n) is 1.38. The van der Waals surface area contributed by atoms with Crippen LogP contribution in [0.5, 0.6) is 0 Å². The van der Waals surface area contributed by atoms with E-state index in [2.05, 4.69) is 10.4 Å². The average molecular weight is 203 g/mol. The number of hydrogen-bond donors (Lipinski definition) is 1. The van der Waals surface area contributed by atoms with E-state index in [1.165, 1.54) is 0 Å². The predicted octanol–water partition coefficient (Wildman–Crippen LogP) is 1.47. The number of amides is 1. The Bertz CT molecular complexity index is 442. The van der Waals surface area contributed by atoms with Gasteiger partial charge in [-0.1, -0.05) is 13.0 Å². The lowest BCUT2D eigenvalue weighted by Gasteiger charge is -1.98. The van der Waals surface area contributed by atoms with Gasteiger partial charge in [0.05, 0.1) is 5.52 Å². The van der Waals surface area contributed by atoms with Crippen LogP contribution in [-0.4, -0.2) is 22.1 Å². The quantitative estimate of drug-likeness (QED) is 0.821. The van der Waals surface area contributed by atoms with Gasteiger partial charge in [0.15, 0.2) is 5.69 Å². The minimum atomic E-state index is -0.111. The molecule has 4 heteroatoms. The van der Waals surface area contributed by atoms with Gasteiger partial charge in [-0.3, -0.25) is 4.79 Å². The third-order valence-electron chi connectivity index (χ3n) is 2.14. The molecule has 0 atom stereocenters. The zero-order valence-corrected chi connectivity index (χ0v) is 8.60. The van der Waals surface area contributed by atoms with Crippen molar-refractivity contribution in [1.29, 1.82) is 0 Å². The first-order valence-electron chi connectivity index (χ1n) is 5.04. The Hall–Kier alpha value is -1.84. The Morgan fingerprint density at radius 3 is 3.13 bits per heavy atom. The summed E-state index contributed by atoms with van der Waals surface area (Å²) in [5.41, 5.74) is 1.40. The number of carbonyl (C=O) groups excluding carboxylic acids is 1. The fraction of sp³-hybridized carbons (Fsp3) is 0.273. The van der Waals surface area contributed by atoms with Crippen LogP contribution in [0.2, 0.25) is 0 Å². The zero-order valence-electron chi connectivity index (χ0n) is 8.60. The van der Waals surface area contributed by atoms with Gasteiger partial charge in [-0.2, -0.15) is 5.10 Å². The number of aromatic nitrogens is 2. The van der Waals surface area contributed by atoms with Crippen molar-refractivity contribution in [2.24, 2.45) is 0 Å². The molecule has 2 rings (SSSR count). The number of hydrogen-bond acceptors (Lipinski definition) is 2. The van der Waals surface area contributed by atoms with E-state index in [-0.39, 0.29) is 5.91 Å². The monoisotopic (exact) mass is 203 g/mol. The minimum Gasteiger partial charge on any atom is -0.351 e. The Morgan fingerprint density at radius 2 is 2.40 bits per heavy atom. The van der Waals surface area contributed by atoms with E-state index in [9.17, 15) is 4.79 Å². The Labute approximate surface area is 87.9 Å². The molecule has 78 valence electrons. The molecule has 1 amide bonds. The van der Waals surface area contributed by atoms with Crippen molar-refractivity contribution in [3.8, 4) is 0 Å². The standard InChI is InChI=1S/C11H13N3O/c1-2-6-12-11(15)10-8-9-5-3-4-7-14(9)13-10/h3-5,7-8H,2,6H2,1H3,(H,12,15). The van der Waals surface area contributed by atoms with Crippen LogP contribution in [0.3, 0.4) is 0 Å². The van der Waals surface area contributed by atoms with Crippen LogP contribution in [0, 0.1) is 0 Å². The second-order valence-electron chi connectivity index (χ2n) is 3.36. The SMILES string of the molecule is CCCNC(=O)c1cc2ccccn2n1. The number of fused-ring (bicyclic) bond motifs is 1. The lowest BCUT2D eigenvalue weighted by atomic mass is 10.3. The van der Waals surface area contributed by atoms with Crippen molar-refractivity contribution < 1.29 is 4.79 Å². The summed E-state index contributed by atoms with van der Waals surface area (Å²) in [6.07, 6.45) is 2.76. The van der Waals surface area contributed by atoms with Gasteiger partial charge in [0.2, 0.25) is 0 Å². The van der Waals surface area contributed by atoms with E-state index in [4.69, 9.17) is 0 Å². The zero-order chi connectivity index (χ0) is 10.7. The van der Waals surface area contributed by atoms with Crippen LogP contribution in [0.15, 0.2) is 30.5 Å². The summed E-state index contributed by atoms with van der Waals surface area (Å²) in [6.45, 7) is 2.71. The maximum absolute atomic E-state index is 11.6. The molecule has 15 heavy (non-hydrogen) atoms. The third kappa shape index (κ3) is 1.98. The van der Waals surface area contributed by atoms with Gasteiger partial charge < -0.3 is 5.32 Å². The van der Waals surface area contributed by atoms with Crippen LogP contribution in [0.1, 0.15) is 23.8 Å². The number of rotatable bonds is 3. The molecule has 2 aromatic rings. The smallest absolute Gasteiger partial charge is 0.271 e. The summed E-state index contributed by atoms with van der Waals surface area (Å²) < 4.78 is 1.70. The first-order valence-corrected chi connectivity index (χ1v) is 5.04. The van der Waals surface area contributed by atoms with E-state index >= 15 is 0 Å². The summed E-state index contributed by atoms with van der Waals surface area (Å²) >= 11 is 0. The van der Waals surface area contributed by atoms with Crippen molar-refractivity contribution in [3.05, 3.63) is 36.2 Å². The van der Waals surface area contributed by atoms with Crippen LogP contribution in [-0.2, 0) is 0 Å². The van der Waals surface area contributed by atoms with Gasteiger partial charge in [-0.05, 0) is 24.6 Å². The molecule has 0 unspecified atom stereocenters. The minimum absolute atomic E-state index is 0.111. The van der Waals surface area contributed by atoms with E-state index in [0.29, 0.717) is 12.2 Å². The van der Waals surface area contributed by atoms with Crippen molar-refractivity contribution >= 4 is 11.4 Å². The highest BCUT2D eigenvalue weighted by Gasteiger charge is 2.08. The van der Waals surface area contributed by atoms with Crippen LogP contribution in [0.25, 0.3) is 5.52 Å². The lowest BCUT2D eigenvalue weighted by molar-refractivity contribution is 0.0948. The van der Waals surface area contributed by atoms with Gasteiger partial charge in [0, 0.05) is 12.7 Å². The first kappa shape index (κ1) is 9.71. The van der Waals surface area contributed by atoms with Crippen molar-refractivity contribution in [1.82, 2.24) is 14.9 Å².